The summed E-state index contributed by atoms with van der Waals surface area (Å²) >= 11 is 0. The van der Waals surface area contributed by atoms with Crippen LogP contribution in [-0.2, 0) is 4.79 Å². The largest absolute Gasteiger partial charge is 0.368 e. The Morgan fingerprint density at radius 1 is 1.55 bits per heavy atom. The number of fused-ring (bicyclic) bond motifs is 1. The van der Waals surface area contributed by atoms with Crippen LogP contribution in [0.3, 0.4) is 0 Å². The van der Waals surface area contributed by atoms with Gasteiger partial charge in [-0.3, -0.25) is 9.79 Å². The van der Waals surface area contributed by atoms with Crippen LogP contribution < -0.4 is 10.6 Å². The maximum atomic E-state index is 11.8. The van der Waals surface area contributed by atoms with Gasteiger partial charge in [-0.15, -0.1) is 0 Å². The first-order chi connectivity index (χ1) is 10.7. The number of likely N-dealkylation sites (N-methyl/N-ethyl adjacent to an activating group) is 1. The molecule has 2 aliphatic heterocycles. The smallest absolute Gasteiger partial charge is 0.223 e. The summed E-state index contributed by atoms with van der Waals surface area (Å²) in [5.41, 5.74) is 3.75. The second kappa shape index (κ2) is 6.48. The zero-order valence-corrected chi connectivity index (χ0v) is 13.3. The topological polar surface area (TPSA) is 56.7 Å². The molecule has 5 heteroatoms. The highest BCUT2D eigenvalue weighted by Gasteiger charge is 2.27. The fourth-order valence-electron chi connectivity index (χ4n) is 3.39. The van der Waals surface area contributed by atoms with Crippen molar-refractivity contribution in [3.05, 3.63) is 35.1 Å². The van der Waals surface area contributed by atoms with Crippen LogP contribution in [0.2, 0.25) is 0 Å². The number of carbonyl (C=O) groups excluding carboxylic acids is 1. The molecule has 1 fully saturated rings. The van der Waals surface area contributed by atoms with Gasteiger partial charge in [0, 0.05) is 25.2 Å². The molecule has 1 saturated heterocycles. The minimum absolute atomic E-state index is 0.101. The third kappa shape index (κ3) is 2.99. The molecule has 0 aromatic rings. The molecule has 5 nitrogen and oxygen atoms in total. The van der Waals surface area contributed by atoms with Crippen LogP contribution in [0.25, 0.3) is 0 Å². The lowest BCUT2D eigenvalue weighted by Gasteiger charge is -2.34. The molecule has 0 radical (unpaired) electrons. The maximum Gasteiger partial charge on any atom is 0.223 e. The molecule has 0 saturated carbocycles. The highest BCUT2D eigenvalue weighted by Crippen LogP contribution is 2.31. The van der Waals surface area contributed by atoms with Crippen molar-refractivity contribution in [2.75, 3.05) is 19.6 Å². The van der Waals surface area contributed by atoms with Gasteiger partial charge < -0.3 is 15.5 Å². The Labute approximate surface area is 131 Å². The summed E-state index contributed by atoms with van der Waals surface area (Å²) in [6.45, 7) is 6.17. The molecule has 0 bridgehead atoms. The van der Waals surface area contributed by atoms with E-state index in [4.69, 9.17) is 0 Å². The molecular formula is C17H24N4O. The summed E-state index contributed by atoms with van der Waals surface area (Å²) in [5, 5.41) is 6.84. The lowest BCUT2D eigenvalue weighted by molar-refractivity contribution is -0.126. The van der Waals surface area contributed by atoms with Gasteiger partial charge in [0.25, 0.3) is 0 Å². The Bertz CT molecular complexity index is 565. The molecule has 1 amide bonds. The van der Waals surface area contributed by atoms with E-state index in [0.29, 0.717) is 18.6 Å². The molecule has 1 unspecified atom stereocenters. The average Bonchev–Trinajstić information content (AvgIpc) is 3.01. The van der Waals surface area contributed by atoms with Gasteiger partial charge in [0.1, 0.15) is 0 Å². The SMILES string of the molecule is CCN(C(C)=O)C1=CC[C@@H]2NCC/C(=C\C3CN=CN3)C2=C1. The predicted molar refractivity (Wildman–Crippen MR) is 88.6 cm³/mol. The first-order valence-corrected chi connectivity index (χ1v) is 8.07. The molecule has 0 spiro atoms. The number of nitrogens with zero attached hydrogens (tertiary/aromatic N) is 2. The first-order valence-electron chi connectivity index (χ1n) is 8.07. The monoisotopic (exact) mass is 300 g/mol. The van der Waals surface area contributed by atoms with Gasteiger partial charge in [0.15, 0.2) is 0 Å². The normalized spacial score (nSPS) is 28.7. The fraction of sp³-hybridized carbons (Fsp3) is 0.529. The zero-order valence-electron chi connectivity index (χ0n) is 13.3. The second-order valence-corrected chi connectivity index (χ2v) is 5.94. The zero-order chi connectivity index (χ0) is 15.5. The van der Waals surface area contributed by atoms with Crippen molar-refractivity contribution in [3.8, 4) is 0 Å². The van der Waals surface area contributed by atoms with Gasteiger partial charge in [0.05, 0.1) is 18.9 Å². The van der Waals surface area contributed by atoms with E-state index in [1.54, 1.807) is 13.3 Å². The molecule has 3 aliphatic rings. The van der Waals surface area contributed by atoms with Crippen molar-refractivity contribution in [3.63, 3.8) is 0 Å². The van der Waals surface area contributed by atoms with Crippen LogP contribution in [0, 0.1) is 0 Å². The van der Waals surface area contributed by atoms with Gasteiger partial charge in [-0.05, 0) is 43.5 Å². The van der Waals surface area contributed by atoms with E-state index >= 15 is 0 Å². The number of carbonyl (C=O) groups is 1. The molecular weight excluding hydrogens is 276 g/mol. The summed E-state index contributed by atoms with van der Waals surface area (Å²) in [6, 6.07) is 0.677. The Morgan fingerprint density at radius 3 is 3.09 bits per heavy atom. The van der Waals surface area contributed by atoms with Gasteiger partial charge in [-0.25, -0.2) is 0 Å². The van der Waals surface area contributed by atoms with Crippen LogP contribution >= 0.6 is 0 Å². The molecule has 0 aromatic heterocycles. The van der Waals surface area contributed by atoms with E-state index < -0.39 is 0 Å². The van der Waals surface area contributed by atoms with Crippen molar-refractivity contribution in [2.24, 2.45) is 4.99 Å². The quantitative estimate of drug-likeness (QED) is 0.827. The number of rotatable bonds is 3. The Hall–Kier alpha value is -1.88. The van der Waals surface area contributed by atoms with Crippen LogP contribution in [-0.4, -0.2) is 48.9 Å². The summed E-state index contributed by atoms with van der Waals surface area (Å²) in [7, 11) is 0. The molecule has 2 atom stereocenters. The van der Waals surface area contributed by atoms with Crippen molar-refractivity contribution in [1.82, 2.24) is 15.5 Å². The number of piperidine rings is 1. The lowest BCUT2D eigenvalue weighted by atomic mass is 9.85. The molecule has 22 heavy (non-hydrogen) atoms. The molecule has 2 N–H and O–H groups in total. The van der Waals surface area contributed by atoms with E-state index in [1.807, 2.05) is 11.8 Å². The second-order valence-electron chi connectivity index (χ2n) is 5.94. The highest BCUT2D eigenvalue weighted by molar-refractivity contribution is 5.76. The number of amides is 1. The van der Waals surface area contributed by atoms with Gasteiger partial charge in [-0.2, -0.15) is 0 Å². The van der Waals surface area contributed by atoms with Crippen LogP contribution in [0.1, 0.15) is 26.7 Å². The number of hydrogen-bond acceptors (Lipinski definition) is 4. The maximum absolute atomic E-state index is 11.8. The minimum Gasteiger partial charge on any atom is -0.368 e. The van der Waals surface area contributed by atoms with Crippen molar-refractivity contribution in [2.45, 2.75) is 38.8 Å². The Kier molecular flexibility index (Phi) is 4.43. The van der Waals surface area contributed by atoms with Crippen LogP contribution in [0.4, 0.5) is 0 Å². The Morgan fingerprint density at radius 2 is 2.41 bits per heavy atom. The third-order valence-electron chi connectivity index (χ3n) is 4.49. The summed E-state index contributed by atoms with van der Waals surface area (Å²) in [5.74, 6) is 0.101. The molecule has 1 aliphatic carbocycles. The van der Waals surface area contributed by atoms with Gasteiger partial charge in [-0.1, -0.05) is 12.2 Å². The van der Waals surface area contributed by atoms with E-state index in [9.17, 15) is 4.79 Å². The number of allylic oxidation sites excluding steroid dienone is 1. The van der Waals surface area contributed by atoms with E-state index in [2.05, 4.69) is 33.9 Å². The number of aliphatic imine (C=N–C) groups is 1. The Balaban J connectivity index is 1.86. The standard InChI is InChI=1S/C17H24N4O/c1-3-21(12(2)22)15-4-5-17-16(9-15)13(6-7-19-17)8-14-10-18-11-20-14/h4,8-9,11,14,17,19H,3,5-7,10H2,1-2H3,(H,18,20)/b13-8+/t14?,17-/m0/s1. The number of hydrogen-bond donors (Lipinski definition) is 2. The third-order valence-corrected chi connectivity index (χ3v) is 4.49. The van der Waals surface area contributed by atoms with Crippen molar-refractivity contribution in [1.29, 1.82) is 0 Å². The predicted octanol–water partition coefficient (Wildman–Crippen LogP) is 1.36. The van der Waals surface area contributed by atoms with Gasteiger partial charge in [0.2, 0.25) is 5.91 Å². The van der Waals surface area contributed by atoms with Crippen molar-refractivity contribution >= 4 is 12.2 Å². The summed E-state index contributed by atoms with van der Waals surface area (Å²) < 4.78 is 0. The van der Waals surface area contributed by atoms with Crippen LogP contribution in [0.5, 0.6) is 0 Å². The first kappa shape index (κ1) is 15.0. The summed E-state index contributed by atoms with van der Waals surface area (Å²) in [4.78, 5) is 17.9. The van der Waals surface area contributed by atoms with Gasteiger partial charge >= 0.3 is 0 Å². The van der Waals surface area contributed by atoms with Crippen molar-refractivity contribution < 1.29 is 4.79 Å². The minimum atomic E-state index is 0.101. The highest BCUT2D eigenvalue weighted by atomic mass is 16.2. The van der Waals surface area contributed by atoms with E-state index in [0.717, 1.165) is 31.6 Å². The lowest BCUT2D eigenvalue weighted by Crippen LogP contribution is -2.40. The molecule has 0 aromatic carbocycles. The molecule has 3 rings (SSSR count). The number of nitrogens with one attached hydrogen (secondary N) is 2. The average molecular weight is 300 g/mol. The summed E-state index contributed by atoms with van der Waals surface area (Å²) in [6.07, 6.45) is 10.4. The van der Waals surface area contributed by atoms with Crippen LogP contribution in [0.15, 0.2) is 40.1 Å². The molecule has 118 valence electrons. The van der Waals surface area contributed by atoms with E-state index in [1.165, 1.54) is 11.1 Å². The van der Waals surface area contributed by atoms with E-state index in [-0.39, 0.29) is 5.91 Å². The fourth-order valence-corrected chi connectivity index (χ4v) is 3.39. The molecule has 2 heterocycles.